The number of thioether (sulfide) groups is 1. The summed E-state index contributed by atoms with van der Waals surface area (Å²) in [6, 6.07) is 13.5. The molecular formula is C15H15ClN2OS. The molecule has 1 aromatic heterocycles. The highest BCUT2D eigenvalue weighted by Gasteiger charge is 2.03. The van der Waals surface area contributed by atoms with Crippen molar-refractivity contribution in [3.05, 3.63) is 53.7 Å². The molecule has 0 unspecified atom stereocenters. The van der Waals surface area contributed by atoms with Gasteiger partial charge in [0.25, 0.3) is 0 Å². The van der Waals surface area contributed by atoms with Crippen molar-refractivity contribution >= 4 is 35.1 Å². The van der Waals surface area contributed by atoms with Crippen molar-refractivity contribution in [1.82, 2.24) is 4.98 Å². The van der Waals surface area contributed by atoms with E-state index >= 15 is 0 Å². The Morgan fingerprint density at radius 2 is 2.05 bits per heavy atom. The van der Waals surface area contributed by atoms with E-state index in [1.54, 1.807) is 30.1 Å². The van der Waals surface area contributed by atoms with Gasteiger partial charge in [-0.2, -0.15) is 0 Å². The van der Waals surface area contributed by atoms with E-state index in [2.05, 4.69) is 22.4 Å². The van der Waals surface area contributed by atoms with E-state index in [0.717, 1.165) is 12.2 Å². The maximum Gasteiger partial charge on any atom is 0.225 e. The largest absolute Gasteiger partial charge is 0.311 e. The monoisotopic (exact) mass is 306 g/mol. The van der Waals surface area contributed by atoms with Gasteiger partial charge in [0.15, 0.2) is 0 Å². The molecule has 0 saturated heterocycles. The van der Waals surface area contributed by atoms with E-state index < -0.39 is 0 Å². The zero-order valence-electron chi connectivity index (χ0n) is 10.9. The van der Waals surface area contributed by atoms with E-state index in [-0.39, 0.29) is 5.91 Å². The van der Waals surface area contributed by atoms with Gasteiger partial charge in [-0.25, -0.2) is 4.98 Å². The third kappa shape index (κ3) is 5.23. The fraction of sp³-hybridized carbons (Fsp3) is 0.200. The van der Waals surface area contributed by atoms with E-state index in [1.165, 1.54) is 4.90 Å². The highest BCUT2D eigenvalue weighted by Crippen LogP contribution is 2.18. The first kappa shape index (κ1) is 14.9. The van der Waals surface area contributed by atoms with Gasteiger partial charge in [0, 0.05) is 22.5 Å². The van der Waals surface area contributed by atoms with Crippen LogP contribution < -0.4 is 5.32 Å². The molecule has 0 atom stereocenters. The van der Waals surface area contributed by atoms with Gasteiger partial charge in [-0.05, 0) is 36.4 Å². The number of anilines is 1. The highest BCUT2D eigenvalue weighted by molar-refractivity contribution is 7.99. The Balaban J connectivity index is 1.68. The number of hydrogen-bond acceptors (Lipinski definition) is 3. The van der Waals surface area contributed by atoms with Crippen LogP contribution in [0.25, 0.3) is 0 Å². The molecule has 1 amide bonds. The lowest BCUT2D eigenvalue weighted by atomic mass is 10.3. The van der Waals surface area contributed by atoms with Crippen molar-refractivity contribution in [2.45, 2.75) is 17.7 Å². The number of aromatic nitrogens is 1. The molecular weight excluding hydrogens is 292 g/mol. The normalized spacial score (nSPS) is 10.2. The minimum absolute atomic E-state index is 0.0339. The first-order valence-corrected chi connectivity index (χ1v) is 7.69. The van der Waals surface area contributed by atoms with Crippen LogP contribution in [-0.2, 0) is 4.79 Å². The number of nitrogens with one attached hydrogen (secondary N) is 1. The molecule has 1 heterocycles. The van der Waals surface area contributed by atoms with Crippen LogP contribution in [0.1, 0.15) is 12.8 Å². The van der Waals surface area contributed by atoms with Gasteiger partial charge < -0.3 is 5.32 Å². The van der Waals surface area contributed by atoms with Crippen molar-refractivity contribution in [1.29, 1.82) is 0 Å². The van der Waals surface area contributed by atoms with Crippen LogP contribution in [0.4, 0.5) is 5.82 Å². The second kappa shape index (κ2) is 7.92. The molecule has 0 aliphatic heterocycles. The van der Waals surface area contributed by atoms with Gasteiger partial charge in [0.1, 0.15) is 5.82 Å². The SMILES string of the molecule is O=C(CCCSc1ccccc1)Nc1cc(Cl)ccn1. The Morgan fingerprint density at radius 1 is 1.25 bits per heavy atom. The summed E-state index contributed by atoms with van der Waals surface area (Å²) in [5.41, 5.74) is 0. The quantitative estimate of drug-likeness (QED) is 0.641. The number of carbonyl (C=O) groups excluding carboxylic acids is 1. The van der Waals surface area contributed by atoms with Crippen molar-refractivity contribution in [3.8, 4) is 0 Å². The van der Waals surface area contributed by atoms with Crippen LogP contribution in [0.2, 0.25) is 5.02 Å². The van der Waals surface area contributed by atoms with E-state index in [0.29, 0.717) is 17.3 Å². The summed E-state index contributed by atoms with van der Waals surface area (Å²) in [5.74, 6) is 1.38. The highest BCUT2D eigenvalue weighted by atomic mass is 35.5. The molecule has 2 aromatic rings. The number of nitrogens with zero attached hydrogens (tertiary/aromatic N) is 1. The van der Waals surface area contributed by atoms with Gasteiger partial charge in [0.2, 0.25) is 5.91 Å². The Bertz CT molecular complexity index is 563. The lowest BCUT2D eigenvalue weighted by Gasteiger charge is -2.04. The van der Waals surface area contributed by atoms with Crippen LogP contribution in [0.15, 0.2) is 53.6 Å². The van der Waals surface area contributed by atoms with Crippen LogP contribution in [0.5, 0.6) is 0 Å². The van der Waals surface area contributed by atoms with Gasteiger partial charge in [-0.1, -0.05) is 29.8 Å². The van der Waals surface area contributed by atoms with Crippen molar-refractivity contribution in [3.63, 3.8) is 0 Å². The number of pyridine rings is 1. The summed E-state index contributed by atoms with van der Waals surface area (Å²) in [4.78, 5) is 17.0. The molecule has 3 nitrogen and oxygen atoms in total. The molecule has 1 N–H and O–H groups in total. The Kier molecular flexibility index (Phi) is 5.89. The number of amides is 1. The maximum atomic E-state index is 11.7. The average molecular weight is 307 g/mol. The number of rotatable bonds is 6. The first-order chi connectivity index (χ1) is 9.74. The van der Waals surface area contributed by atoms with Crippen molar-refractivity contribution in [2.24, 2.45) is 0 Å². The summed E-state index contributed by atoms with van der Waals surface area (Å²) >= 11 is 7.58. The summed E-state index contributed by atoms with van der Waals surface area (Å²) in [5, 5.41) is 3.30. The van der Waals surface area contributed by atoms with E-state index in [1.807, 2.05) is 18.2 Å². The molecule has 0 spiro atoms. The Labute approximate surface area is 127 Å². The summed E-state index contributed by atoms with van der Waals surface area (Å²) in [6.07, 6.45) is 2.88. The molecule has 0 fully saturated rings. The molecule has 104 valence electrons. The fourth-order valence-corrected chi connectivity index (χ4v) is 2.65. The van der Waals surface area contributed by atoms with Crippen molar-refractivity contribution in [2.75, 3.05) is 11.1 Å². The van der Waals surface area contributed by atoms with E-state index in [9.17, 15) is 4.79 Å². The van der Waals surface area contributed by atoms with Crippen LogP contribution in [0.3, 0.4) is 0 Å². The van der Waals surface area contributed by atoms with Crippen molar-refractivity contribution < 1.29 is 4.79 Å². The lowest BCUT2D eigenvalue weighted by molar-refractivity contribution is -0.116. The standard InChI is InChI=1S/C15H15ClN2OS/c16-12-8-9-17-14(11-12)18-15(19)7-4-10-20-13-5-2-1-3-6-13/h1-3,5-6,8-9,11H,4,7,10H2,(H,17,18,19). The minimum atomic E-state index is -0.0339. The molecule has 0 radical (unpaired) electrons. The molecule has 0 aliphatic carbocycles. The molecule has 5 heteroatoms. The van der Waals surface area contributed by atoms with Gasteiger partial charge in [-0.3, -0.25) is 4.79 Å². The summed E-state index contributed by atoms with van der Waals surface area (Å²) < 4.78 is 0. The summed E-state index contributed by atoms with van der Waals surface area (Å²) in [7, 11) is 0. The first-order valence-electron chi connectivity index (χ1n) is 6.33. The zero-order chi connectivity index (χ0) is 14.2. The van der Waals surface area contributed by atoms with Crippen LogP contribution >= 0.6 is 23.4 Å². The molecule has 0 saturated carbocycles. The van der Waals surface area contributed by atoms with Gasteiger partial charge in [0.05, 0.1) is 0 Å². The molecule has 0 bridgehead atoms. The second-order valence-corrected chi connectivity index (χ2v) is 5.78. The topological polar surface area (TPSA) is 42.0 Å². The number of benzene rings is 1. The molecule has 20 heavy (non-hydrogen) atoms. The molecule has 1 aromatic carbocycles. The fourth-order valence-electron chi connectivity index (χ4n) is 1.62. The molecule has 2 rings (SSSR count). The maximum absolute atomic E-state index is 11.7. The Morgan fingerprint density at radius 3 is 2.80 bits per heavy atom. The Hall–Kier alpha value is -1.52. The third-order valence-corrected chi connectivity index (χ3v) is 3.88. The zero-order valence-corrected chi connectivity index (χ0v) is 12.5. The molecule has 0 aliphatic rings. The number of carbonyl (C=O) groups is 1. The van der Waals surface area contributed by atoms with Gasteiger partial charge >= 0.3 is 0 Å². The third-order valence-electron chi connectivity index (χ3n) is 2.55. The average Bonchev–Trinajstić information content (AvgIpc) is 2.45. The predicted molar refractivity (Wildman–Crippen MR) is 84.3 cm³/mol. The van der Waals surface area contributed by atoms with Crippen LogP contribution in [-0.4, -0.2) is 16.6 Å². The number of halogens is 1. The number of hydrogen-bond donors (Lipinski definition) is 1. The smallest absolute Gasteiger partial charge is 0.225 e. The van der Waals surface area contributed by atoms with Gasteiger partial charge in [-0.15, -0.1) is 11.8 Å². The van der Waals surface area contributed by atoms with Crippen LogP contribution in [0, 0.1) is 0 Å². The second-order valence-electron chi connectivity index (χ2n) is 4.17. The van der Waals surface area contributed by atoms with E-state index in [4.69, 9.17) is 11.6 Å². The predicted octanol–water partition coefficient (Wildman–Crippen LogP) is 4.25. The minimum Gasteiger partial charge on any atom is -0.311 e. The lowest BCUT2D eigenvalue weighted by Crippen LogP contribution is -2.12. The summed E-state index contributed by atoms with van der Waals surface area (Å²) in [6.45, 7) is 0.